The van der Waals surface area contributed by atoms with Gasteiger partial charge in [-0.2, -0.15) is 0 Å². The molecule has 2 rings (SSSR count). The number of nitrogens with zero attached hydrogens (tertiary/aromatic N) is 2. The van der Waals surface area contributed by atoms with Gasteiger partial charge in [0.25, 0.3) is 0 Å². The first-order valence-electron chi connectivity index (χ1n) is 5.81. The van der Waals surface area contributed by atoms with Gasteiger partial charge in [-0.1, -0.05) is 37.0 Å². The Morgan fingerprint density at radius 1 is 1.21 bits per heavy atom. The summed E-state index contributed by atoms with van der Waals surface area (Å²) in [6.45, 7) is 4.06. The summed E-state index contributed by atoms with van der Waals surface area (Å²) >= 11 is 12.0. The SMILES string of the molecule is CC(C)c1c(N)ncnc1Nc1ccc(Cl)cc1Cl. The smallest absolute Gasteiger partial charge is 0.139 e. The largest absolute Gasteiger partial charge is 0.383 e. The molecule has 0 amide bonds. The average molecular weight is 297 g/mol. The molecule has 0 radical (unpaired) electrons. The number of halogens is 2. The lowest BCUT2D eigenvalue weighted by molar-refractivity contribution is 0.855. The maximum atomic E-state index is 6.13. The molecule has 0 unspecified atom stereocenters. The summed E-state index contributed by atoms with van der Waals surface area (Å²) in [6, 6.07) is 5.23. The number of nitrogens with one attached hydrogen (secondary N) is 1. The van der Waals surface area contributed by atoms with E-state index >= 15 is 0 Å². The van der Waals surface area contributed by atoms with Crippen LogP contribution in [0.1, 0.15) is 25.3 Å². The molecular weight excluding hydrogens is 283 g/mol. The van der Waals surface area contributed by atoms with Crippen LogP contribution in [0.15, 0.2) is 24.5 Å². The van der Waals surface area contributed by atoms with E-state index in [1.54, 1.807) is 18.2 Å². The van der Waals surface area contributed by atoms with Crippen molar-refractivity contribution in [2.75, 3.05) is 11.1 Å². The fourth-order valence-corrected chi connectivity index (χ4v) is 2.25. The fourth-order valence-electron chi connectivity index (χ4n) is 1.80. The molecule has 0 spiro atoms. The lowest BCUT2D eigenvalue weighted by Crippen LogP contribution is -2.06. The van der Waals surface area contributed by atoms with Crippen molar-refractivity contribution in [3.8, 4) is 0 Å². The predicted octanol–water partition coefficient (Wildman–Crippen LogP) is 4.23. The first kappa shape index (κ1) is 13.9. The lowest BCUT2D eigenvalue weighted by Gasteiger charge is -2.15. The summed E-state index contributed by atoms with van der Waals surface area (Å²) in [6.07, 6.45) is 1.42. The van der Waals surface area contributed by atoms with Crippen LogP contribution in [0.5, 0.6) is 0 Å². The molecule has 100 valence electrons. The van der Waals surface area contributed by atoms with E-state index in [0.29, 0.717) is 21.7 Å². The minimum Gasteiger partial charge on any atom is -0.383 e. The molecule has 1 heterocycles. The first-order valence-corrected chi connectivity index (χ1v) is 6.57. The van der Waals surface area contributed by atoms with Crippen molar-refractivity contribution < 1.29 is 0 Å². The average Bonchev–Trinajstić information content (AvgIpc) is 2.32. The van der Waals surface area contributed by atoms with Crippen molar-refractivity contribution in [1.29, 1.82) is 0 Å². The number of aromatic nitrogens is 2. The molecule has 0 saturated carbocycles. The lowest BCUT2D eigenvalue weighted by atomic mass is 10.0. The van der Waals surface area contributed by atoms with Crippen LogP contribution in [0.25, 0.3) is 0 Å². The molecule has 1 aromatic carbocycles. The highest BCUT2D eigenvalue weighted by atomic mass is 35.5. The second kappa shape index (κ2) is 5.63. The zero-order valence-electron chi connectivity index (χ0n) is 10.6. The minimum atomic E-state index is 0.203. The fraction of sp³-hybridized carbons (Fsp3) is 0.231. The Bertz CT molecular complexity index is 599. The van der Waals surface area contributed by atoms with Crippen molar-refractivity contribution in [1.82, 2.24) is 9.97 Å². The Balaban J connectivity index is 2.41. The summed E-state index contributed by atoms with van der Waals surface area (Å²) in [5.74, 6) is 1.33. The number of nitrogen functional groups attached to an aromatic ring is 1. The summed E-state index contributed by atoms with van der Waals surface area (Å²) in [5, 5.41) is 4.28. The summed E-state index contributed by atoms with van der Waals surface area (Å²) in [4.78, 5) is 8.24. The highest BCUT2D eigenvalue weighted by molar-refractivity contribution is 6.36. The third kappa shape index (κ3) is 3.08. The van der Waals surface area contributed by atoms with Gasteiger partial charge in [0.2, 0.25) is 0 Å². The van der Waals surface area contributed by atoms with Gasteiger partial charge in [0, 0.05) is 10.6 Å². The van der Waals surface area contributed by atoms with Crippen LogP contribution in [0, 0.1) is 0 Å². The van der Waals surface area contributed by atoms with Crippen LogP contribution in [-0.4, -0.2) is 9.97 Å². The molecule has 4 nitrogen and oxygen atoms in total. The Morgan fingerprint density at radius 3 is 2.58 bits per heavy atom. The molecule has 0 fully saturated rings. The quantitative estimate of drug-likeness (QED) is 0.889. The second-order valence-corrected chi connectivity index (χ2v) is 5.27. The van der Waals surface area contributed by atoms with E-state index in [9.17, 15) is 0 Å². The minimum absolute atomic E-state index is 0.203. The van der Waals surface area contributed by atoms with Crippen LogP contribution < -0.4 is 11.1 Å². The van der Waals surface area contributed by atoms with Crippen LogP contribution in [0.2, 0.25) is 10.0 Å². The summed E-state index contributed by atoms with van der Waals surface area (Å²) in [5.41, 5.74) is 7.49. The Morgan fingerprint density at radius 2 is 1.95 bits per heavy atom. The van der Waals surface area contributed by atoms with Gasteiger partial charge in [0.1, 0.15) is 18.0 Å². The zero-order valence-corrected chi connectivity index (χ0v) is 12.1. The molecule has 3 N–H and O–H groups in total. The molecule has 6 heteroatoms. The van der Waals surface area contributed by atoms with Crippen LogP contribution in [0.4, 0.5) is 17.3 Å². The Labute approximate surface area is 122 Å². The third-order valence-corrected chi connectivity index (χ3v) is 3.22. The highest BCUT2D eigenvalue weighted by Gasteiger charge is 2.14. The topological polar surface area (TPSA) is 63.8 Å². The molecule has 0 aliphatic heterocycles. The number of anilines is 3. The number of hydrogen-bond donors (Lipinski definition) is 2. The molecule has 19 heavy (non-hydrogen) atoms. The van der Waals surface area contributed by atoms with E-state index in [0.717, 1.165) is 11.3 Å². The van der Waals surface area contributed by atoms with E-state index in [1.807, 2.05) is 13.8 Å². The maximum Gasteiger partial charge on any atom is 0.139 e. The molecule has 0 aliphatic carbocycles. The van der Waals surface area contributed by atoms with Gasteiger partial charge in [-0.05, 0) is 24.1 Å². The summed E-state index contributed by atoms with van der Waals surface area (Å²) < 4.78 is 0. The number of nitrogens with two attached hydrogens (primary N) is 1. The van der Waals surface area contributed by atoms with E-state index in [1.165, 1.54) is 6.33 Å². The number of rotatable bonds is 3. The number of hydrogen-bond acceptors (Lipinski definition) is 4. The van der Waals surface area contributed by atoms with E-state index in [-0.39, 0.29) is 5.92 Å². The van der Waals surface area contributed by atoms with Crippen LogP contribution in [-0.2, 0) is 0 Å². The third-order valence-electron chi connectivity index (χ3n) is 2.68. The normalized spacial score (nSPS) is 10.8. The second-order valence-electron chi connectivity index (χ2n) is 4.43. The zero-order chi connectivity index (χ0) is 14.0. The maximum absolute atomic E-state index is 6.13. The van der Waals surface area contributed by atoms with Crippen LogP contribution in [0.3, 0.4) is 0 Å². The van der Waals surface area contributed by atoms with Gasteiger partial charge in [0.05, 0.1) is 10.7 Å². The van der Waals surface area contributed by atoms with E-state index in [2.05, 4.69) is 15.3 Å². The molecule has 0 atom stereocenters. The monoisotopic (exact) mass is 296 g/mol. The van der Waals surface area contributed by atoms with Gasteiger partial charge in [0.15, 0.2) is 0 Å². The molecule has 2 aromatic rings. The van der Waals surface area contributed by atoms with Crippen molar-refractivity contribution in [2.45, 2.75) is 19.8 Å². The molecule has 0 aliphatic rings. The molecular formula is C13H14Cl2N4. The van der Waals surface area contributed by atoms with E-state index < -0.39 is 0 Å². The Hall–Kier alpha value is -1.52. The summed E-state index contributed by atoms with van der Waals surface area (Å²) in [7, 11) is 0. The van der Waals surface area contributed by atoms with Gasteiger partial charge in [-0.3, -0.25) is 0 Å². The number of benzene rings is 1. The standard InChI is InChI=1S/C13H14Cl2N4/c1-7(2)11-12(16)17-6-18-13(11)19-10-4-3-8(14)5-9(10)15/h3-7H,1-2H3,(H3,16,17,18,19). The Kier molecular flexibility index (Phi) is 4.12. The van der Waals surface area contributed by atoms with Crippen molar-refractivity contribution in [3.05, 3.63) is 40.1 Å². The molecule has 0 saturated heterocycles. The van der Waals surface area contributed by atoms with E-state index in [4.69, 9.17) is 28.9 Å². The van der Waals surface area contributed by atoms with Gasteiger partial charge < -0.3 is 11.1 Å². The molecule has 1 aromatic heterocycles. The van der Waals surface area contributed by atoms with Gasteiger partial charge >= 0.3 is 0 Å². The van der Waals surface area contributed by atoms with Crippen LogP contribution >= 0.6 is 23.2 Å². The van der Waals surface area contributed by atoms with Gasteiger partial charge in [-0.25, -0.2) is 9.97 Å². The highest BCUT2D eigenvalue weighted by Crippen LogP contribution is 2.32. The first-order chi connectivity index (χ1) is 8.99. The predicted molar refractivity (Wildman–Crippen MR) is 80.3 cm³/mol. The van der Waals surface area contributed by atoms with Crippen molar-refractivity contribution in [2.24, 2.45) is 0 Å². The molecule has 0 bridgehead atoms. The van der Waals surface area contributed by atoms with Crippen molar-refractivity contribution in [3.63, 3.8) is 0 Å². The van der Waals surface area contributed by atoms with Gasteiger partial charge in [-0.15, -0.1) is 0 Å². The van der Waals surface area contributed by atoms with Crippen molar-refractivity contribution >= 4 is 40.5 Å².